The summed E-state index contributed by atoms with van der Waals surface area (Å²) in [6.07, 6.45) is 0. The lowest BCUT2D eigenvalue weighted by Gasteiger charge is -2.27. The first-order valence-corrected chi connectivity index (χ1v) is 13.1. The molecule has 0 aliphatic carbocycles. The predicted octanol–water partition coefficient (Wildman–Crippen LogP) is 5.51. The van der Waals surface area contributed by atoms with Gasteiger partial charge in [-0.2, -0.15) is 0 Å². The number of ether oxygens (including phenoxy) is 1. The molecular formula is C28H34N2O4S. The predicted molar refractivity (Wildman–Crippen MR) is 141 cm³/mol. The third-order valence-electron chi connectivity index (χ3n) is 6.09. The highest BCUT2D eigenvalue weighted by Crippen LogP contribution is 2.32. The number of carbonyl (C=O) groups excluding carboxylic acids is 1. The number of aryl methyl sites for hydroxylation is 2. The maximum absolute atomic E-state index is 13.6. The summed E-state index contributed by atoms with van der Waals surface area (Å²) in [6.45, 7) is 9.56. The van der Waals surface area contributed by atoms with Crippen molar-refractivity contribution in [2.75, 3.05) is 18.0 Å². The molecule has 7 heteroatoms. The Morgan fingerprint density at radius 1 is 0.914 bits per heavy atom. The molecule has 3 aromatic rings. The van der Waals surface area contributed by atoms with Crippen LogP contribution < -0.4 is 14.4 Å². The van der Waals surface area contributed by atoms with Crippen LogP contribution in [0.5, 0.6) is 5.75 Å². The summed E-state index contributed by atoms with van der Waals surface area (Å²) in [5, 5.41) is 3.00. The summed E-state index contributed by atoms with van der Waals surface area (Å²) in [4.78, 5) is 13.3. The van der Waals surface area contributed by atoms with Gasteiger partial charge in [0.05, 0.1) is 23.7 Å². The highest BCUT2D eigenvalue weighted by molar-refractivity contribution is 7.92. The van der Waals surface area contributed by atoms with E-state index in [1.165, 1.54) is 16.4 Å². The molecule has 6 nitrogen and oxygen atoms in total. The molecule has 0 fully saturated rings. The van der Waals surface area contributed by atoms with Crippen LogP contribution in [-0.4, -0.2) is 28.0 Å². The van der Waals surface area contributed by atoms with E-state index in [0.29, 0.717) is 5.69 Å². The van der Waals surface area contributed by atoms with Gasteiger partial charge in [0.15, 0.2) is 0 Å². The number of para-hydroxylation sites is 1. The normalized spacial score (nSPS) is 12.3. The highest BCUT2D eigenvalue weighted by Gasteiger charge is 2.28. The number of carbonyl (C=O) groups is 1. The van der Waals surface area contributed by atoms with E-state index < -0.39 is 10.0 Å². The largest absolute Gasteiger partial charge is 0.496 e. The van der Waals surface area contributed by atoms with Crippen LogP contribution in [0.15, 0.2) is 71.6 Å². The number of methoxy groups -OCH3 is 1. The molecule has 3 aromatic carbocycles. The fourth-order valence-electron chi connectivity index (χ4n) is 4.17. The Hall–Kier alpha value is -3.32. The van der Waals surface area contributed by atoms with Gasteiger partial charge in [0, 0.05) is 0 Å². The molecule has 1 atom stereocenters. The van der Waals surface area contributed by atoms with E-state index in [-0.39, 0.29) is 29.3 Å². The molecule has 1 amide bonds. The number of hydrogen-bond donors (Lipinski definition) is 1. The van der Waals surface area contributed by atoms with Gasteiger partial charge in [-0.25, -0.2) is 8.42 Å². The van der Waals surface area contributed by atoms with E-state index in [2.05, 4.69) is 25.2 Å². The topological polar surface area (TPSA) is 75.7 Å². The molecule has 0 unspecified atom stereocenters. The lowest BCUT2D eigenvalue weighted by molar-refractivity contribution is -0.120. The quantitative estimate of drug-likeness (QED) is 0.426. The van der Waals surface area contributed by atoms with Crippen LogP contribution in [0.1, 0.15) is 55.0 Å². The number of nitrogens with one attached hydrogen (secondary N) is 1. The standard InChI is InChI=1S/C28H34N2O4S/c1-19(2)24-17-25(21(4)16-27(24)34-6)22(5)29-28(31)18-30(26-15-11-10-12-20(26)3)35(32,33)23-13-8-7-9-14-23/h7-17,19,22H,18H2,1-6H3,(H,29,31)/t22-/m1/s1. The third kappa shape index (κ3) is 5.85. The first-order chi connectivity index (χ1) is 16.6. The fourth-order valence-corrected chi connectivity index (χ4v) is 5.67. The molecule has 0 aliphatic heterocycles. The average Bonchev–Trinajstić information content (AvgIpc) is 2.83. The summed E-state index contributed by atoms with van der Waals surface area (Å²) in [7, 11) is -2.30. The number of amides is 1. The molecule has 0 aliphatic rings. The summed E-state index contributed by atoms with van der Waals surface area (Å²) >= 11 is 0. The molecule has 0 saturated carbocycles. The Morgan fingerprint density at radius 2 is 1.54 bits per heavy atom. The van der Waals surface area contributed by atoms with Crippen molar-refractivity contribution in [3.63, 3.8) is 0 Å². The summed E-state index contributed by atoms with van der Waals surface area (Å²) in [5.41, 5.74) is 4.26. The SMILES string of the molecule is COc1cc(C)c([C@@H](C)NC(=O)CN(c2ccccc2C)S(=O)(=O)c2ccccc2)cc1C(C)C. The molecule has 0 saturated heterocycles. The van der Waals surface area contributed by atoms with Gasteiger partial charge in [-0.3, -0.25) is 9.10 Å². The molecular weight excluding hydrogens is 460 g/mol. The molecule has 0 aromatic heterocycles. The number of rotatable bonds is 9. The maximum Gasteiger partial charge on any atom is 0.264 e. The lowest BCUT2D eigenvalue weighted by Crippen LogP contribution is -2.42. The van der Waals surface area contributed by atoms with Crippen LogP contribution in [-0.2, 0) is 14.8 Å². The number of sulfonamides is 1. The van der Waals surface area contributed by atoms with Crippen LogP contribution in [0.25, 0.3) is 0 Å². The second kappa shape index (κ2) is 11.0. The molecule has 0 radical (unpaired) electrons. The zero-order valence-corrected chi connectivity index (χ0v) is 22.0. The van der Waals surface area contributed by atoms with E-state index in [4.69, 9.17) is 4.74 Å². The highest BCUT2D eigenvalue weighted by atomic mass is 32.2. The summed E-state index contributed by atoms with van der Waals surface area (Å²) in [5.74, 6) is 0.681. The monoisotopic (exact) mass is 494 g/mol. The van der Waals surface area contributed by atoms with Gasteiger partial charge in [0.2, 0.25) is 5.91 Å². The van der Waals surface area contributed by atoms with E-state index in [0.717, 1.165) is 28.0 Å². The summed E-state index contributed by atoms with van der Waals surface area (Å²) in [6, 6.07) is 19.1. The lowest BCUT2D eigenvalue weighted by atomic mass is 9.93. The van der Waals surface area contributed by atoms with Crippen LogP contribution in [0, 0.1) is 13.8 Å². The van der Waals surface area contributed by atoms with Crippen molar-refractivity contribution in [1.29, 1.82) is 0 Å². The van der Waals surface area contributed by atoms with Gasteiger partial charge in [0.1, 0.15) is 12.3 Å². The fraction of sp³-hybridized carbons (Fsp3) is 0.321. The first-order valence-electron chi connectivity index (χ1n) is 11.7. The van der Waals surface area contributed by atoms with Crippen LogP contribution in [0.3, 0.4) is 0 Å². The van der Waals surface area contributed by atoms with Crippen LogP contribution in [0.2, 0.25) is 0 Å². The number of anilines is 1. The second-order valence-electron chi connectivity index (χ2n) is 9.01. The van der Waals surface area contributed by atoms with E-state index >= 15 is 0 Å². The number of hydrogen-bond acceptors (Lipinski definition) is 4. The molecule has 0 spiro atoms. The third-order valence-corrected chi connectivity index (χ3v) is 7.86. The Balaban J connectivity index is 1.92. The minimum atomic E-state index is -3.95. The van der Waals surface area contributed by atoms with E-state index in [9.17, 15) is 13.2 Å². The number of benzene rings is 3. The van der Waals surface area contributed by atoms with Gasteiger partial charge in [-0.05, 0) is 79.3 Å². The second-order valence-corrected chi connectivity index (χ2v) is 10.9. The zero-order chi connectivity index (χ0) is 25.8. The number of nitrogens with zero attached hydrogens (tertiary/aromatic N) is 1. The van der Waals surface area contributed by atoms with Crippen LogP contribution >= 0.6 is 0 Å². The molecule has 186 valence electrons. The molecule has 0 bridgehead atoms. The van der Waals surface area contributed by atoms with Gasteiger partial charge < -0.3 is 10.1 Å². The molecule has 1 N–H and O–H groups in total. The minimum absolute atomic E-state index is 0.136. The van der Waals surface area contributed by atoms with Crippen molar-refractivity contribution in [3.05, 3.63) is 89.0 Å². The van der Waals surface area contributed by atoms with Crippen molar-refractivity contribution in [2.24, 2.45) is 0 Å². The molecule has 3 rings (SSSR count). The molecule has 35 heavy (non-hydrogen) atoms. The van der Waals surface area contributed by atoms with Crippen molar-refractivity contribution in [3.8, 4) is 5.75 Å². The van der Waals surface area contributed by atoms with Gasteiger partial charge in [-0.1, -0.05) is 50.2 Å². The van der Waals surface area contributed by atoms with Gasteiger partial charge in [0.25, 0.3) is 10.0 Å². The minimum Gasteiger partial charge on any atom is -0.496 e. The Morgan fingerprint density at radius 3 is 2.14 bits per heavy atom. The summed E-state index contributed by atoms with van der Waals surface area (Å²) < 4.78 is 33.8. The molecule has 0 heterocycles. The van der Waals surface area contributed by atoms with Crippen molar-refractivity contribution >= 4 is 21.6 Å². The van der Waals surface area contributed by atoms with E-state index in [1.807, 2.05) is 39.0 Å². The van der Waals surface area contributed by atoms with Crippen molar-refractivity contribution < 1.29 is 17.9 Å². The van der Waals surface area contributed by atoms with Crippen molar-refractivity contribution in [1.82, 2.24) is 5.32 Å². The van der Waals surface area contributed by atoms with Crippen LogP contribution in [0.4, 0.5) is 5.69 Å². The Labute approximate surface area is 209 Å². The van der Waals surface area contributed by atoms with E-state index in [1.54, 1.807) is 37.4 Å². The smallest absolute Gasteiger partial charge is 0.264 e. The van der Waals surface area contributed by atoms with Gasteiger partial charge in [-0.15, -0.1) is 0 Å². The average molecular weight is 495 g/mol. The first kappa shape index (κ1) is 26.3. The Kier molecular flexibility index (Phi) is 8.22. The Bertz CT molecular complexity index is 1290. The maximum atomic E-state index is 13.6. The van der Waals surface area contributed by atoms with Gasteiger partial charge >= 0.3 is 0 Å². The van der Waals surface area contributed by atoms with Crippen molar-refractivity contribution in [2.45, 2.75) is 51.5 Å². The zero-order valence-electron chi connectivity index (χ0n) is 21.2.